The molecule has 0 saturated carbocycles. The van der Waals surface area contributed by atoms with Gasteiger partial charge >= 0.3 is 0 Å². The van der Waals surface area contributed by atoms with Gasteiger partial charge in [-0.05, 0) is 37.9 Å². The maximum absolute atomic E-state index is 12.5. The average Bonchev–Trinajstić information content (AvgIpc) is 2.57. The minimum absolute atomic E-state index is 0.196. The molecular formula is C18H21Cl3N4O. The Morgan fingerprint density at radius 3 is 2.42 bits per heavy atom. The number of rotatable bonds is 8. The Morgan fingerprint density at radius 2 is 1.85 bits per heavy atom. The van der Waals surface area contributed by atoms with Crippen molar-refractivity contribution in [3.8, 4) is 0 Å². The molecule has 0 saturated heterocycles. The maximum Gasteiger partial charge on any atom is 0.238 e. The van der Waals surface area contributed by atoms with E-state index in [4.69, 9.17) is 34.8 Å². The fourth-order valence-electron chi connectivity index (χ4n) is 2.35. The third kappa shape index (κ3) is 6.74. The third-order valence-electron chi connectivity index (χ3n) is 3.63. The summed E-state index contributed by atoms with van der Waals surface area (Å²) in [7, 11) is 3.99. The second-order valence-electron chi connectivity index (χ2n) is 6.17. The number of hydrogen-bond donors (Lipinski definition) is 1. The molecule has 1 amide bonds. The summed E-state index contributed by atoms with van der Waals surface area (Å²) in [5.74, 6) is -0.196. The normalized spacial score (nSPS) is 11.2. The first-order chi connectivity index (χ1) is 12.3. The number of likely N-dealkylation sites (N-methyl/N-ethyl adjacent to an activating group) is 1. The Labute approximate surface area is 168 Å². The number of amides is 1. The molecule has 0 radical (unpaired) electrons. The number of carbonyl (C=O) groups excluding carboxylic acids is 1. The zero-order valence-corrected chi connectivity index (χ0v) is 16.9. The molecule has 1 heterocycles. The summed E-state index contributed by atoms with van der Waals surface area (Å²) in [5.41, 5.74) is 1.42. The van der Waals surface area contributed by atoms with Crippen molar-refractivity contribution >= 4 is 46.4 Å². The van der Waals surface area contributed by atoms with Crippen LogP contribution in [0.1, 0.15) is 5.56 Å². The van der Waals surface area contributed by atoms with Gasteiger partial charge in [-0.2, -0.15) is 0 Å². The van der Waals surface area contributed by atoms with Crippen LogP contribution in [0, 0.1) is 0 Å². The van der Waals surface area contributed by atoms with Gasteiger partial charge in [0, 0.05) is 37.1 Å². The van der Waals surface area contributed by atoms with E-state index >= 15 is 0 Å². The number of carbonyl (C=O) groups is 1. The first-order valence-electron chi connectivity index (χ1n) is 8.05. The predicted molar refractivity (Wildman–Crippen MR) is 108 cm³/mol. The van der Waals surface area contributed by atoms with E-state index in [1.165, 1.54) is 0 Å². The minimum Gasteiger partial charge on any atom is -0.322 e. The molecule has 0 aliphatic carbocycles. The highest BCUT2D eigenvalue weighted by Gasteiger charge is 2.15. The third-order valence-corrected chi connectivity index (χ3v) is 4.45. The lowest BCUT2D eigenvalue weighted by Gasteiger charge is -2.23. The van der Waals surface area contributed by atoms with Crippen molar-refractivity contribution in [2.24, 2.45) is 0 Å². The summed E-state index contributed by atoms with van der Waals surface area (Å²) in [6.07, 6.45) is 3.53. The number of halogens is 3. The highest BCUT2D eigenvalue weighted by molar-refractivity contribution is 6.42. The lowest BCUT2D eigenvalue weighted by atomic mass is 10.2. The minimum atomic E-state index is -0.196. The van der Waals surface area contributed by atoms with Crippen LogP contribution in [0.2, 0.25) is 15.1 Å². The molecule has 0 bridgehead atoms. The summed E-state index contributed by atoms with van der Waals surface area (Å²) in [4.78, 5) is 20.8. The fourth-order valence-corrected chi connectivity index (χ4v) is 3.26. The number of nitrogens with one attached hydrogen (secondary N) is 1. The van der Waals surface area contributed by atoms with Gasteiger partial charge in [-0.1, -0.05) is 40.9 Å². The van der Waals surface area contributed by atoms with Gasteiger partial charge in [0.2, 0.25) is 5.91 Å². The van der Waals surface area contributed by atoms with Crippen LogP contribution >= 0.6 is 34.8 Å². The second kappa shape index (κ2) is 10.1. The van der Waals surface area contributed by atoms with Crippen molar-refractivity contribution in [1.29, 1.82) is 0 Å². The lowest BCUT2D eigenvalue weighted by Crippen LogP contribution is -2.37. The van der Waals surface area contributed by atoms with Gasteiger partial charge in [0.25, 0.3) is 0 Å². The highest BCUT2D eigenvalue weighted by atomic mass is 35.5. The molecular weight excluding hydrogens is 395 g/mol. The Hall–Kier alpha value is -1.37. The zero-order valence-electron chi connectivity index (χ0n) is 14.7. The number of hydrogen-bond acceptors (Lipinski definition) is 4. The molecule has 0 fully saturated rings. The van der Waals surface area contributed by atoms with Crippen LogP contribution in [0.25, 0.3) is 0 Å². The lowest BCUT2D eigenvalue weighted by molar-refractivity contribution is -0.117. The predicted octanol–water partition coefficient (Wildman–Crippen LogP) is 4.04. The van der Waals surface area contributed by atoms with Crippen LogP contribution in [-0.2, 0) is 11.3 Å². The van der Waals surface area contributed by atoms with E-state index in [9.17, 15) is 4.79 Å². The van der Waals surface area contributed by atoms with Crippen LogP contribution < -0.4 is 5.32 Å². The largest absolute Gasteiger partial charge is 0.322 e. The van der Waals surface area contributed by atoms with E-state index in [1.54, 1.807) is 24.5 Å². The van der Waals surface area contributed by atoms with Crippen molar-refractivity contribution in [3.05, 3.63) is 57.3 Å². The number of aromatic nitrogens is 1. The Bertz CT molecular complexity index is 717. The first kappa shape index (κ1) is 20.9. The number of benzene rings is 1. The Balaban J connectivity index is 2.05. The molecule has 8 heteroatoms. The van der Waals surface area contributed by atoms with E-state index in [-0.39, 0.29) is 12.5 Å². The van der Waals surface area contributed by atoms with Crippen LogP contribution in [0.15, 0.2) is 36.7 Å². The van der Waals surface area contributed by atoms with Crippen LogP contribution in [0.3, 0.4) is 0 Å². The van der Waals surface area contributed by atoms with Gasteiger partial charge in [-0.3, -0.25) is 14.7 Å². The smallest absolute Gasteiger partial charge is 0.238 e. The molecule has 1 aromatic heterocycles. The number of pyridine rings is 1. The van der Waals surface area contributed by atoms with Gasteiger partial charge < -0.3 is 10.2 Å². The summed E-state index contributed by atoms with van der Waals surface area (Å²) in [6.45, 7) is 2.39. The van der Waals surface area contributed by atoms with Gasteiger partial charge in [0.05, 0.1) is 22.3 Å². The van der Waals surface area contributed by atoms with Crippen LogP contribution in [0.4, 0.5) is 5.69 Å². The van der Waals surface area contributed by atoms with E-state index in [1.807, 2.05) is 31.1 Å². The molecule has 0 unspecified atom stereocenters. The number of anilines is 1. The number of nitrogens with zero attached hydrogens (tertiary/aromatic N) is 3. The topological polar surface area (TPSA) is 48.5 Å². The SMILES string of the molecule is CN(C)CCN(CC(=O)Nc1c(Cl)cc(Cl)cc1Cl)Cc1cccnc1. The van der Waals surface area contributed by atoms with Gasteiger partial charge in [0.15, 0.2) is 0 Å². The fraction of sp³-hybridized carbons (Fsp3) is 0.333. The van der Waals surface area contributed by atoms with Crippen LogP contribution in [0.5, 0.6) is 0 Å². The summed E-state index contributed by atoms with van der Waals surface area (Å²) < 4.78 is 0. The van der Waals surface area contributed by atoms with Crippen molar-refractivity contribution < 1.29 is 4.79 Å². The molecule has 1 aromatic carbocycles. The van der Waals surface area contributed by atoms with Crippen molar-refractivity contribution in [2.45, 2.75) is 6.54 Å². The van der Waals surface area contributed by atoms with Gasteiger partial charge in [-0.25, -0.2) is 0 Å². The molecule has 0 aliphatic heterocycles. The van der Waals surface area contributed by atoms with E-state index in [2.05, 4.69) is 15.2 Å². The molecule has 0 aliphatic rings. The zero-order chi connectivity index (χ0) is 19.1. The molecule has 2 rings (SSSR count). The van der Waals surface area contributed by atoms with Crippen LogP contribution in [-0.4, -0.2) is 54.4 Å². The van der Waals surface area contributed by atoms with Gasteiger partial charge in [0.1, 0.15) is 0 Å². The van der Waals surface area contributed by atoms with Crippen molar-refractivity contribution in [3.63, 3.8) is 0 Å². The summed E-state index contributed by atoms with van der Waals surface area (Å²) in [6, 6.07) is 6.96. The highest BCUT2D eigenvalue weighted by Crippen LogP contribution is 2.33. The molecule has 26 heavy (non-hydrogen) atoms. The molecule has 2 aromatic rings. The average molecular weight is 416 g/mol. The van der Waals surface area contributed by atoms with Gasteiger partial charge in [-0.15, -0.1) is 0 Å². The van der Waals surface area contributed by atoms with E-state index in [0.29, 0.717) is 27.3 Å². The summed E-state index contributed by atoms with van der Waals surface area (Å²) >= 11 is 18.2. The molecule has 0 atom stereocenters. The molecule has 5 nitrogen and oxygen atoms in total. The first-order valence-corrected chi connectivity index (χ1v) is 9.19. The monoisotopic (exact) mass is 414 g/mol. The van der Waals surface area contributed by atoms with Crippen molar-refractivity contribution in [2.75, 3.05) is 39.0 Å². The Morgan fingerprint density at radius 1 is 1.15 bits per heavy atom. The maximum atomic E-state index is 12.5. The summed E-state index contributed by atoms with van der Waals surface area (Å²) in [5, 5.41) is 3.81. The second-order valence-corrected chi connectivity index (χ2v) is 7.42. The van der Waals surface area contributed by atoms with Crippen molar-refractivity contribution in [1.82, 2.24) is 14.8 Å². The van der Waals surface area contributed by atoms with E-state index in [0.717, 1.165) is 18.7 Å². The standard InChI is InChI=1S/C18H21Cl3N4O/c1-24(2)6-7-25(11-13-4-3-5-22-10-13)12-17(26)23-18-15(20)8-14(19)9-16(18)21/h3-5,8-10H,6-7,11-12H2,1-2H3,(H,23,26). The quantitative estimate of drug-likeness (QED) is 0.707. The molecule has 140 valence electrons. The molecule has 1 N–H and O–H groups in total. The Kier molecular flexibility index (Phi) is 8.13. The van der Waals surface area contributed by atoms with E-state index < -0.39 is 0 Å². The molecule has 0 spiro atoms.